The third kappa shape index (κ3) is 5.12. The molecule has 232 valence electrons. The Hall–Kier alpha value is -5.29. The van der Waals surface area contributed by atoms with Crippen LogP contribution >= 0.6 is 0 Å². The van der Waals surface area contributed by atoms with Crippen molar-refractivity contribution >= 4 is 50.7 Å². The van der Waals surface area contributed by atoms with Crippen molar-refractivity contribution in [3.8, 4) is 0 Å². The van der Waals surface area contributed by atoms with Gasteiger partial charge in [0.1, 0.15) is 6.54 Å². The van der Waals surface area contributed by atoms with Crippen molar-refractivity contribution in [3.05, 3.63) is 120 Å². The number of hydrogen-bond donors (Lipinski definition) is 1. The van der Waals surface area contributed by atoms with Crippen LogP contribution in [0.5, 0.6) is 0 Å². The fraction of sp³-hybridized carbons (Fsp3) is 0.200. The van der Waals surface area contributed by atoms with Crippen molar-refractivity contribution in [2.75, 3.05) is 21.1 Å². The molecule has 0 bridgehead atoms. The second-order valence-corrected chi connectivity index (χ2v) is 13.3. The number of fused-ring (bicyclic) bond motifs is 3. The van der Waals surface area contributed by atoms with Crippen molar-refractivity contribution in [2.45, 2.75) is 36.7 Å². The summed E-state index contributed by atoms with van der Waals surface area (Å²) in [5.74, 6) is -2.02. The number of hydrogen-bond acceptors (Lipinski definition) is 6. The van der Waals surface area contributed by atoms with E-state index in [-0.39, 0.29) is 28.5 Å². The highest BCUT2D eigenvalue weighted by molar-refractivity contribution is 7.92. The normalized spacial score (nSPS) is 19.0. The van der Waals surface area contributed by atoms with Crippen molar-refractivity contribution in [3.63, 3.8) is 0 Å². The van der Waals surface area contributed by atoms with E-state index in [0.29, 0.717) is 29.9 Å². The van der Waals surface area contributed by atoms with Gasteiger partial charge in [0, 0.05) is 11.7 Å². The first-order chi connectivity index (χ1) is 22.2. The number of nitrogens with one attached hydrogen (secondary N) is 1. The molecule has 0 radical (unpaired) electrons. The molecule has 2 heterocycles. The number of rotatable bonds is 7. The quantitative estimate of drug-likeness (QED) is 0.291. The molecule has 1 N–H and O–H groups in total. The number of carbonyl (C=O) groups is 4. The molecule has 0 spiro atoms. The molecule has 0 saturated heterocycles. The molecule has 11 heteroatoms. The van der Waals surface area contributed by atoms with Crippen LogP contribution in [0.3, 0.4) is 0 Å². The summed E-state index contributed by atoms with van der Waals surface area (Å²) in [6, 6.07) is 28.2. The van der Waals surface area contributed by atoms with Crippen molar-refractivity contribution in [2.24, 2.45) is 5.92 Å². The molecule has 10 nitrogen and oxygen atoms in total. The minimum Gasteiger partial charge on any atom is -0.306 e. The molecule has 4 aromatic carbocycles. The van der Waals surface area contributed by atoms with Gasteiger partial charge in [0.15, 0.2) is 0 Å². The zero-order chi connectivity index (χ0) is 32.0. The zero-order valence-corrected chi connectivity index (χ0v) is 25.5. The van der Waals surface area contributed by atoms with Crippen molar-refractivity contribution < 1.29 is 27.6 Å². The summed E-state index contributed by atoms with van der Waals surface area (Å²) in [7, 11) is -3.76. The summed E-state index contributed by atoms with van der Waals surface area (Å²) in [4.78, 5) is 58.8. The molecule has 1 aliphatic carbocycles. The summed E-state index contributed by atoms with van der Waals surface area (Å²) in [6.07, 6.45) is 1.97. The smallest absolute Gasteiger partial charge is 0.262 e. The predicted octanol–water partition coefficient (Wildman–Crippen LogP) is 4.83. The van der Waals surface area contributed by atoms with Gasteiger partial charge in [-0.3, -0.25) is 28.8 Å². The number of amides is 4. The second-order valence-electron chi connectivity index (χ2n) is 11.6. The zero-order valence-electron chi connectivity index (χ0n) is 24.7. The Morgan fingerprint density at radius 1 is 0.717 bits per heavy atom. The minimum absolute atomic E-state index is 0.111. The van der Waals surface area contributed by atoms with E-state index in [4.69, 9.17) is 0 Å². The van der Waals surface area contributed by atoms with Crippen LogP contribution in [0.4, 0.5) is 17.1 Å². The summed E-state index contributed by atoms with van der Waals surface area (Å²) in [5.41, 5.74) is 2.79. The average Bonchev–Trinajstić information content (AvgIpc) is 3.62. The van der Waals surface area contributed by atoms with Gasteiger partial charge in [0.2, 0.25) is 11.8 Å². The lowest BCUT2D eigenvalue weighted by Gasteiger charge is -2.31. The molecule has 1 fully saturated rings. The third-order valence-electron chi connectivity index (χ3n) is 8.87. The molecule has 4 aromatic rings. The fourth-order valence-corrected chi connectivity index (χ4v) is 7.76. The Bertz CT molecular complexity index is 1940. The Kier molecular flexibility index (Phi) is 7.40. The summed E-state index contributed by atoms with van der Waals surface area (Å²) in [6.45, 7) is -0.232. The lowest BCUT2D eigenvalue weighted by atomic mass is 10.0. The molecule has 2 aliphatic heterocycles. The van der Waals surface area contributed by atoms with Crippen LogP contribution in [0.15, 0.2) is 108 Å². The SMILES string of the molecule is O=C1c2ccccc2C(=O)N1CC(=O)N1c2ccccc2N(Cc2ccc(NS(=O)(=O)c3ccccc3)cc2)C(=O)[C@H]2CCC[C@H]21. The van der Waals surface area contributed by atoms with E-state index < -0.39 is 46.2 Å². The number of benzene rings is 4. The van der Waals surface area contributed by atoms with Gasteiger partial charge in [-0.25, -0.2) is 8.42 Å². The molecule has 46 heavy (non-hydrogen) atoms. The van der Waals surface area contributed by atoms with E-state index in [0.717, 1.165) is 16.9 Å². The fourth-order valence-electron chi connectivity index (χ4n) is 6.68. The van der Waals surface area contributed by atoms with Gasteiger partial charge in [-0.1, -0.05) is 61.0 Å². The second kappa shape index (κ2) is 11.6. The van der Waals surface area contributed by atoms with Crippen molar-refractivity contribution in [1.82, 2.24) is 4.90 Å². The highest BCUT2D eigenvalue weighted by Crippen LogP contribution is 2.43. The summed E-state index contributed by atoms with van der Waals surface area (Å²) >= 11 is 0. The van der Waals surface area contributed by atoms with Gasteiger partial charge >= 0.3 is 0 Å². The number of sulfonamides is 1. The van der Waals surface area contributed by atoms with E-state index in [1.54, 1.807) is 101 Å². The van der Waals surface area contributed by atoms with E-state index in [2.05, 4.69) is 4.72 Å². The Morgan fingerprint density at radius 2 is 1.33 bits per heavy atom. The number of imide groups is 1. The van der Waals surface area contributed by atoms with Gasteiger partial charge in [-0.05, 0) is 66.9 Å². The standard InChI is InChI=1S/C35H30N4O6S/c40-32(22-38-33(41)26-11-4-5-12-27(26)34(38)42)39-29-16-8-13-28(29)35(43)37(30-14-6-7-15-31(30)39)21-23-17-19-24(20-18-23)36-46(44,45)25-9-2-1-3-10-25/h1-7,9-12,14-15,17-20,28-29,36H,8,13,16,21-22H2/t28-,29+/m0/s1. The molecular formula is C35H30N4O6S. The largest absolute Gasteiger partial charge is 0.306 e. The lowest BCUT2D eigenvalue weighted by molar-refractivity contribution is -0.123. The van der Waals surface area contributed by atoms with Crippen LogP contribution in [0.2, 0.25) is 0 Å². The number of nitrogens with zero attached hydrogens (tertiary/aromatic N) is 3. The Balaban J connectivity index is 1.16. The van der Waals surface area contributed by atoms with Crippen LogP contribution in [0.25, 0.3) is 0 Å². The summed E-state index contributed by atoms with van der Waals surface area (Å²) in [5, 5.41) is 0. The van der Waals surface area contributed by atoms with Crippen LogP contribution < -0.4 is 14.5 Å². The molecule has 0 aromatic heterocycles. The number of carbonyl (C=O) groups excluding carboxylic acids is 4. The van der Waals surface area contributed by atoms with Crippen LogP contribution in [-0.4, -0.2) is 49.5 Å². The number of anilines is 3. The van der Waals surface area contributed by atoms with Crippen molar-refractivity contribution in [1.29, 1.82) is 0 Å². The first kappa shape index (κ1) is 29.4. The predicted molar refractivity (Wildman–Crippen MR) is 172 cm³/mol. The maximum absolute atomic E-state index is 14.1. The lowest BCUT2D eigenvalue weighted by Crippen LogP contribution is -2.49. The highest BCUT2D eigenvalue weighted by Gasteiger charge is 2.47. The molecule has 1 saturated carbocycles. The maximum atomic E-state index is 14.1. The van der Waals surface area contributed by atoms with Gasteiger partial charge in [-0.2, -0.15) is 0 Å². The maximum Gasteiger partial charge on any atom is 0.262 e. The van der Waals surface area contributed by atoms with Crippen LogP contribution in [0.1, 0.15) is 45.5 Å². The molecule has 3 aliphatic rings. The van der Waals surface area contributed by atoms with Crippen LogP contribution in [-0.2, 0) is 26.2 Å². The Morgan fingerprint density at radius 3 is 2.00 bits per heavy atom. The molecule has 2 atom stereocenters. The van der Waals surface area contributed by atoms with Gasteiger partial charge in [0.25, 0.3) is 21.8 Å². The summed E-state index contributed by atoms with van der Waals surface area (Å²) < 4.78 is 28.1. The Labute approximate surface area is 266 Å². The monoisotopic (exact) mass is 634 g/mol. The molecule has 7 rings (SSSR count). The van der Waals surface area contributed by atoms with E-state index in [9.17, 15) is 27.6 Å². The van der Waals surface area contributed by atoms with E-state index in [1.165, 1.54) is 12.1 Å². The molecular weight excluding hydrogens is 604 g/mol. The first-order valence-electron chi connectivity index (χ1n) is 15.1. The highest BCUT2D eigenvalue weighted by atomic mass is 32.2. The van der Waals surface area contributed by atoms with Gasteiger partial charge < -0.3 is 9.80 Å². The van der Waals surface area contributed by atoms with Gasteiger partial charge in [-0.15, -0.1) is 0 Å². The number of para-hydroxylation sites is 2. The minimum atomic E-state index is -3.76. The van der Waals surface area contributed by atoms with E-state index >= 15 is 0 Å². The van der Waals surface area contributed by atoms with Gasteiger partial charge in [0.05, 0.1) is 39.9 Å². The molecule has 0 unspecified atom stereocenters. The average molecular weight is 635 g/mol. The van der Waals surface area contributed by atoms with Crippen LogP contribution in [0, 0.1) is 5.92 Å². The topological polar surface area (TPSA) is 124 Å². The first-order valence-corrected chi connectivity index (χ1v) is 16.6. The third-order valence-corrected chi connectivity index (χ3v) is 10.3. The van der Waals surface area contributed by atoms with E-state index in [1.807, 2.05) is 0 Å². The molecule has 4 amide bonds.